The minimum atomic E-state index is -4.35. The van der Waals surface area contributed by atoms with Crippen LogP contribution < -0.4 is 5.32 Å². The van der Waals surface area contributed by atoms with Crippen LogP contribution in [-0.2, 0) is 18.4 Å². The van der Waals surface area contributed by atoms with E-state index in [1.165, 1.54) is 205 Å². The lowest BCUT2D eigenvalue weighted by atomic mass is 10.0. The molecule has 0 aromatic rings. The number of likely N-dealkylation sites (N-methyl/N-ethyl adjacent to an activating group) is 1. The molecule has 65 heavy (non-hydrogen) atoms. The molecule has 3 unspecified atom stereocenters. The van der Waals surface area contributed by atoms with Gasteiger partial charge in [0.05, 0.1) is 39.9 Å². The Balaban J connectivity index is 4.25. The van der Waals surface area contributed by atoms with Gasteiger partial charge in [0.25, 0.3) is 0 Å². The van der Waals surface area contributed by atoms with Crippen molar-refractivity contribution in [1.29, 1.82) is 0 Å². The van der Waals surface area contributed by atoms with E-state index < -0.39 is 20.0 Å². The largest absolute Gasteiger partial charge is 0.472 e. The number of unbranched alkanes of at least 4 members (excludes halogenated alkanes) is 34. The average Bonchev–Trinajstić information content (AvgIpc) is 3.26. The van der Waals surface area contributed by atoms with Gasteiger partial charge in [-0.1, -0.05) is 237 Å². The molecule has 0 aromatic heterocycles. The number of hydrogen-bond acceptors (Lipinski definition) is 5. The first-order valence-corrected chi connectivity index (χ1v) is 29.4. The average molecular weight is 938 g/mol. The molecule has 3 N–H and O–H groups in total. The second-order valence-corrected chi connectivity index (χ2v) is 21.8. The van der Waals surface area contributed by atoms with Crippen LogP contribution in [0.15, 0.2) is 36.5 Å². The lowest BCUT2D eigenvalue weighted by Gasteiger charge is -2.25. The number of nitrogens with one attached hydrogen (secondary N) is 1. The van der Waals surface area contributed by atoms with Crippen molar-refractivity contribution < 1.29 is 32.9 Å². The Kier molecular flexibility index (Phi) is 46.8. The molecule has 0 saturated carbocycles. The van der Waals surface area contributed by atoms with Gasteiger partial charge in [-0.3, -0.25) is 13.8 Å². The van der Waals surface area contributed by atoms with E-state index in [1.54, 1.807) is 6.08 Å². The summed E-state index contributed by atoms with van der Waals surface area (Å²) in [5.41, 5.74) is 0. The van der Waals surface area contributed by atoms with Crippen LogP contribution >= 0.6 is 7.82 Å². The highest BCUT2D eigenvalue weighted by atomic mass is 31.2. The summed E-state index contributed by atoms with van der Waals surface area (Å²) in [6, 6.07) is -0.864. The van der Waals surface area contributed by atoms with Crippen LogP contribution in [-0.4, -0.2) is 73.4 Å². The molecular formula is C56H110N2O6P+. The summed E-state index contributed by atoms with van der Waals surface area (Å²) >= 11 is 0. The molecule has 0 aromatic carbocycles. The Bertz CT molecular complexity index is 1150. The highest BCUT2D eigenvalue weighted by molar-refractivity contribution is 7.47. The maximum Gasteiger partial charge on any atom is 0.472 e. The number of phosphoric ester groups is 1. The number of aliphatic hydroxyl groups is 1. The molecule has 0 radical (unpaired) electrons. The number of carbonyl (C=O) groups excluding carboxylic acids is 1. The fraction of sp³-hybridized carbons (Fsp3) is 0.875. The molecule has 9 heteroatoms. The number of allylic oxidation sites excluding steroid dienone is 5. The van der Waals surface area contributed by atoms with Gasteiger partial charge in [0, 0.05) is 6.42 Å². The Hall–Kier alpha value is -1.28. The third-order valence-corrected chi connectivity index (χ3v) is 13.6. The Morgan fingerprint density at radius 1 is 0.508 bits per heavy atom. The molecule has 8 nitrogen and oxygen atoms in total. The Morgan fingerprint density at radius 3 is 1.23 bits per heavy atom. The number of amides is 1. The first-order valence-electron chi connectivity index (χ1n) is 27.9. The number of nitrogens with zero attached hydrogens (tertiary/aromatic N) is 1. The number of rotatable bonds is 51. The van der Waals surface area contributed by atoms with Crippen LogP contribution in [0.1, 0.15) is 264 Å². The molecular weight excluding hydrogens is 828 g/mol. The Morgan fingerprint density at radius 2 is 0.846 bits per heavy atom. The van der Waals surface area contributed by atoms with Gasteiger partial charge in [-0.05, 0) is 57.8 Å². The van der Waals surface area contributed by atoms with E-state index in [9.17, 15) is 19.4 Å². The van der Waals surface area contributed by atoms with Gasteiger partial charge in [0.1, 0.15) is 13.2 Å². The number of phosphoric acid groups is 1. The van der Waals surface area contributed by atoms with Gasteiger partial charge in [0.15, 0.2) is 0 Å². The fourth-order valence-electron chi connectivity index (χ4n) is 8.17. The van der Waals surface area contributed by atoms with Gasteiger partial charge < -0.3 is 19.8 Å². The summed E-state index contributed by atoms with van der Waals surface area (Å²) < 4.78 is 23.7. The lowest BCUT2D eigenvalue weighted by molar-refractivity contribution is -0.870. The molecule has 0 heterocycles. The molecule has 0 bridgehead atoms. The summed E-state index contributed by atoms with van der Waals surface area (Å²) in [6.07, 6.45) is 61.0. The second kappa shape index (κ2) is 47.8. The van der Waals surface area contributed by atoms with Crippen LogP contribution in [0.5, 0.6) is 0 Å². The van der Waals surface area contributed by atoms with Crippen LogP contribution in [0.2, 0.25) is 0 Å². The first kappa shape index (κ1) is 63.7. The molecule has 0 spiro atoms. The monoisotopic (exact) mass is 938 g/mol. The summed E-state index contributed by atoms with van der Waals surface area (Å²) in [7, 11) is 1.56. The number of aliphatic hydroxyl groups excluding tert-OH is 1. The molecule has 0 aliphatic heterocycles. The quantitative estimate of drug-likeness (QED) is 0.0243. The van der Waals surface area contributed by atoms with E-state index in [0.29, 0.717) is 17.4 Å². The first-order chi connectivity index (χ1) is 31.5. The zero-order chi connectivity index (χ0) is 47.8. The van der Waals surface area contributed by atoms with Crippen LogP contribution in [0, 0.1) is 0 Å². The summed E-state index contributed by atoms with van der Waals surface area (Å²) in [5.74, 6) is -0.186. The number of carbonyl (C=O) groups is 1. The normalized spacial score (nSPS) is 14.3. The van der Waals surface area contributed by atoms with E-state index in [4.69, 9.17) is 9.05 Å². The SMILES string of the molecule is CCCCCCCCCCCCCC/C=C\CCCCCCCCCCCC(=O)NC(COP(=O)(O)OCC[N+](C)(C)C)C(O)/C=C/CC/C=C/CCCCCCCCCCCCCC. The predicted molar refractivity (Wildman–Crippen MR) is 281 cm³/mol. The van der Waals surface area contributed by atoms with E-state index in [-0.39, 0.29) is 19.1 Å². The van der Waals surface area contributed by atoms with E-state index in [2.05, 4.69) is 43.5 Å². The third kappa shape index (κ3) is 50.4. The molecule has 3 atom stereocenters. The highest BCUT2D eigenvalue weighted by Crippen LogP contribution is 2.43. The predicted octanol–water partition coefficient (Wildman–Crippen LogP) is 16.6. The topological polar surface area (TPSA) is 105 Å². The number of quaternary nitrogens is 1. The second-order valence-electron chi connectivity index (χ2n) is 20.3. The summed E-state index contributed by atoms with van der Waals surface area (Å²) in [6.45, 7) is 4.82. The van der Waals surface area contributed by atoms with Crippen LogP contribution in [0.25, 0.3) is 0 Å². The van der Waals surface area contributed by atoms with Crippen molar-refractivity contribution in [2.24, 2.45) is 0 Å². The van der Waals surface area contributed by atoms with Crippen molar-refractivity contribution >= 4 is 13.7 Å². The summed E-state index contributed by atoms with van der Waals surface area (Å²) in [4.78, 5) is 23.3. The minimum absolute atomic E-state index is 0.0563. The number of hydrogen-bond donors (Lipinski definition) is 3. The van der Waals surface area contributed by atoms with Crippen molar-refractivity contribution in [2.75, 3.05) is 40.9 Å². The van der Waals surface area contributed by atoms with Crippen molar-refractivity contribution in [3.8, 4) is 0 Å². The molecule has 0 fully saturated rings. The van der Waals surface area contributed by atoms with E-state index in [0.717, 1.165) is 38.5 Å². The fourth-order valence-corrected chi connectivity index (χ4v) is 8.91. The van der Waals surface area contributed by atoms with Gasteiger partial charge in [-0.15, -0.1) is 0 Å². The maximum absolute atomic E-state index is 13.0. The highest BCUT2D eigenvalue weighted by Gasteiger charge is 2.27. The van der Waals surface area contributed by atoms with Crippen molar-refractivity contribution in [2.45, 2.75) is 276 Å². The third-order valence-electron chi connectivity index (χ3n) is 12.6. The molecule has 0 aliphatic carbocycles. The van der Waals surface area contributed by atoms with Crippen LogP contribution in [0.3, 0.4) is 0 Å². The van der Waals surface area contributed by atoms with E-state index in [1.807, 2.05) is 27.2 Å². The van der Waals surface area contributed by atoms with Gasteiger partial charge >= 0.3 is 7.82 Å². The van der Waals surface area contributed by atoms with Crippen LogP contribution in [0.4, 0.5) is 0 Å². The lowest BCUT2D eigenvalue weighted by Crippen LogP contribution is -2.45. The summed E-state index contributed by atoms with van der Waals surface area (Å²) in [5, 5.41) is 13.9. The van der Waals surface area contributed by atoms with Gasteiger partial charge in [-0.2, -0.15) is 0 Å². The molecule has 384 valence electrons. The van der Waals surface area contributed by atoms with Gasteiger partial charge in [-0.25, -0.2) is 4.57 Å². The standard InChI is InChI=1S/C56H109N2O6P/c1-6-8-10-12-14-16-18-20-22-24-26-27-28-29-30-31-32-34-36-38-40-42-44-46-48-50-56(60)57-54(53-64-65(61,62)63-52-51-58(3,4)5)55(59)49-47-45-43-41-39-37-35-33-25-23-21-19-17-15-13-11-9-7-2/h29-30,39,41,47,49,54-55,59H,6-28,31-38,40,42-46,48,50-53H2,1-5H3,(H-,57,60,61,62)/p+1/b30-29-,41-39+,49-47+. The molecule has 0 saturated heterocycles. The van der Waals surface area contributed by atoms with E-state index >= 15 is 0 Å². The molecule has 0 rings (SSSR count). The smallest absolute Gasteiger partial charge is 0.387 e. The Labute approximate surface area is 404 Å². The minimum Gasteiger partial charge on any atom is -0.387 e. The molecule has 1 amide bonds. The van der Waals surface area contributed by atoms with Crippen molar-refractivity contribution in [3.63, 3.8) is 0 Å². The van der Waals surface area contributed by atoms with Crippen molar-refractivity contribution in [3.05, 3.63) is 36.5 Å². The zero-order valence-corrected chi connectivity index (χ0v) is 44.6. The molecule has 0 aliphatic rings. The van der Waals surface area contributed by atoms with Gasteiger partial charge in [0.2, 0.25) is 5.91 Å². The maximum atomic E-state index is 13.0. The zero-order valence-electron chi connectivity index (χ0n) is 43.7. The van der Waals surface area contributed by atoms with Crippen molar-refractivity contribution in [1.82, 2.24) is 5.32 Å².